The predicted octanol–water partition coefficient (Wildman–Crippen LogP) is 3.53. The van der Waals surface area contributed by atoms with E-state index in [0.717, 1.165) is 12.8 Å². The number of hydrogen-bond acceptors (Lipinski definition) is 3. The molecule has 0 aliphatic carbocycles. The molecule has 0 fully saturated rings. The first-order chi connectivity index (χ1) is 6.88. The topological polar surface area (TPSA) is 27.7 Å². The Morgan fingerprint density at radius 2 is 1.73 bits per heavy atom. The smallest absolute Gasteiger partial charge is 0.196 e. The molecule has 0 radical (unpaired) electrons. The Bertz CT molecular complexity index is 149. The summed E-state index contributed by atoms with van der Waals surface area (Å²) < 4.78 is 5.65. The van der Waals surface area contributed by atoms with Gasteiger partial charge in [-0.1, -0.05) is 34.1 Å². The van der Waals surface area contributed by atoms with Crippen molar-refractivity contribution < 1.29 is 14.5 Å². The average molecular weight is 218 g/mol. The lowest BCUT2D eigenvalue weighted by molar-refractivity contribution is -0.404. The Kier molecular flexibility index (Phi) is 7.14. The van der Waals surface area contributed by atoms with E-state index in [-0.39, 0.29) is 17.8 Å². The summed E-state index contributed by atoms with van der Waals surface area (Å²) in [5, 5.41) is 0. The molecule has 0 aromatic carbocycles. The highest BCUT2D eigenvalue weighted by atomic mass is 17.2. The van der Waals surface area contributed by atoms with Crippen molar-refractivity contribution in [2.45, 2.75) is 66.8 Å². The average Bonchev–Trinajstić information content (AvgIpc) is 2.08. The Morgan fingerprint density at radius 3 is 2.13 bits per heavy atom. The molecule has 0 rings (SSSR count). The van der Waals surface area contributed by atoms with Crippen molar-refractivity contribution in [1.29, 1.82) is 0 Å². The van der Waals surface area contributed by atoms with E-state index >= 15 is 0 Å². The van der Waals surface area contributed by atoms with Crippen LogP contribution in [0.15, 0.2) is 0 Å². The summed E-state index contributed by atoms with van der Waals surface area (Å²) in [4.78, 5) is 10.4. The van der Waals surface area contributed by atoms with Crippen molar-refractivity contribution in [1.82, 2.24) is 0 Å². The van der Waals surface area contributed by atoms with Gasteiger partial charge in [-0.25, -0.2) is 9.78 Å². The van der Waals surface area contributed by atoms with Gasteiger partial charge in [0.15, 0.2) is 6.29 Å². The maximum absolute atomic E-state index is 5.65. The van der Waals surface area contributed by atoms with Crippen molar-refractivity contribution in [3.63, 3.8) is 0 Å². The number of unbranched alkanes of at least 4 members (excludes halogenated alkanes) is 1. The van der Waals surface area contributed by atoms with Crippen LogP contribution in [0.3, 0.4) is 0 Å². The van der Waals surface area contributed by atoms with Crippen molar-refractivity contribution in [3.05, 3.63) is 0 Å². The first-order valence-electron chi connectivity index (χ1n) is 5.81. The molecule has 0 aromatic heterocycles. The number of hydrogen-bond donors (Lipinski definition) is 0. The molecular formula is C12H26O3. The molecule has 0 heterocycles. The van der Waals surface area contributed by atoms with E-state index in [1.807, 2.05) is 13.8 Å². The first kappa shape index (κ1) is 14.9. The van der Waals surface area contributed by atoms with Gasteiger partial charge in [0.25, 0.3) is 0 Å². The lowest BCUT2D eigenvalue weighted by Gasteiger charge is -2.30. The summed E-state index contributed by atoms with van der Waals surface area (Å²) in [6.07, 6.45) is 1.95. The van der Waals surface area contributed by atoms with Gasteiger partial charge in [-0.05, 0) is 20.3 Å². The molecule has 3 nitrogen and oxygen atoms in total. The highest BCUT2D eigenvalue weighted by molar-refractivity contribution is 4.66. The second kappa shape index (κ2) is 7.20. The van der Waals surface area contributed by atoms with Gasteiger partial charge in [0.1, 0.15) is 0 Å². The second-order valence-electron chi connectivity index (χ2n) is 5.15. The quantitative estimate of drug-likeness (QED) is 0.283. The summed E-state index contributed by atoms with van der Waals surface area (Å²) in [5.41, 5.74) is -0.0729. The van der Waals surface area contributed by atoms with Gasteiger partial charge in [0.2, 0.25) is 0 Å². The third kappa shape index (κ3) is 7.77. The molecule has 0 aliphatic heterocycles. The third-order valence-corrected chi connectivity index (χ3v) is 1.84. The van der Waals surface area contributed by atoms with E-state index in [0.29, 0.717) is 6.61 Å². The van der Waals surface area contributed by atoms with Crippen LogP contribution in [0.25, 0.3) is 0 Å². The number of ether oxygens (including phenoxy) is 1. The van der Waals surface area contributed by atoms with Crippen LogP contribution in [0, 0.1) is 5.41 Å². The Hall–Kier alpha value is -0.120. The van der Waals surface area contributed by atoms with Crippen molar-refractivity contribution in [2.24, 2.45) is 5.41 Å². The monoisotopic (exact) mass is 218 g/mol. The molecule has 3 heteroatoms. The minimum Gasteiger partial charge on any atom is -0.346 e. The van der Waals surface area contributed by atoms with Gasteiger partial charge >= 0.3 is 0 Å². The van der Waals surface area contributed by atoms with Crippen LogP contribution in [0.2, 0.25) is 0 Å². The summed E-state index contributed by atoms with van der Waals surface area (Å²) >= 11 is 0. The molecule has 0 aromatic rings. The Balaban J connectivity index is 3.92. The van der Waals surface area contributed by atoms with Crippen LogP contribution in [-0.4, -0.2) is 19.0 Å². The minimum absolute atomic E-state index is 0.0729. The van der Waals surface area contributed by atoms with Crippen LogP contribution in [-0.2, 0) is 14.5 Å². The SMILES string of the molecule is CCCCOOC(OC(C)C)C(C)(C)C. The fraction of sp³-hybridized carbons (Fsp3) is 1.00. The summed E-state index contributed by atoms with van der Waals surface area (Å²) in [6, 6.07) is 0. The summed E-state index contributed by atoms with van der Waals surface area (Å²) in [7, 11) is 0. The van der Waals surface area contributed by atoms with Crippen LogP contribution in [0.5, 0.6) is 0 Å². The molecule has 0 saturated carbocycles. The minimum atomic E-state index is -0.311. The highest BCUT2D eigenvalue weighted by Gasteiger charge is 2.28. The van der Waals surface area contributed by atoms with E-state index in [4.69, 9.17) is 14.5 Å². The molecular weight excluding hydrogens is 192 g/mol. The molecule has 1 atom stereocenters. The molecule has 0 bridgehead atoms. The second-order valence-corrected chi connectivity index (χ2v) is 5.15. The number of rotatable bonds is 7. The maximum Gasteiger partial charge on any atom is 0.196 e. The van der Waals surface area contributed by atoms with Gasteiger partial charge in [-0.15, -0.1) is 0 Å². The van der Waals surface area contributed by atoms with E-state index in [1.54, 1.807) is 0 Å². The van der Waals surface area contributed by atoms with Crippen molar-refractivity contribution >= 4 is 0 Å². The van der Waals surface area contributed by atoms with Crippen LogP contribution < -0.4 is 0 Å². The molecule has 0 N–H and O–H groups in total. The standard InChI is InChI=1S/C12H26O3/c1-7-8-9-13-15-11(12(4,5)6)14-10(2)3/h10-11H,7-9H2,1-6H3. The molecule has 0 aliphatic rings. The fourth-order valence-electron chi connectivity index (χ4n) is 0.932. The Morgan fingerprint density at radius 1 is 1.13 bits per heavy atom. The van der Waals surface area contributed by atoms with Gasteiger partial charge < -0.3 is 4.74 Å². The molecule has 15 heavy (non-hydrogen) atoms. The fourth-order valence-corrected chi connectivity index (χ4v) is 0.932. The molecule has 92 valence electrons. The van der Waals surface area contributed by atoms with E-state index in [2.05, 4.69) is 27.7 Å². The summed E-state index contributed by atoms with van der Waals surface area (Å²) in [5.74, 6) is 0. The summed E-state index contributed by atoms with van der Waals surface area (Å²) in [6.45, 7) is 13.0. The van der Waals surface area contributed by atoms with E-state index < -0.39 is 0 Å². The van der Waals surface area contributed by atoms with E-state index in [9.17, 15) is 0 Å². The molecule has 0 saturated heterocycles. The highest BCUT2D eigenvalue weighted by Crippen LogP contribution is 2.24. The van der Waals surface area contributed by atoms with E-state index in [1.165, 1.54) is 0 Å². The van der Waals surface area contributed by atoms with Crippen LogP contribution in [0.4, 0.5) is 0 Å². The molecule has 0 spiro atoms. The lowest BCUT2D eigenvalue weighted by atomic mass is 9.96. The lowest BCUT2D eigenvalue weighted by Crippen LogP contribution is -2.34. The maximum atomic E-state index is 5.65. The van der Waals surface area contributed by atoms with Gasteiger partial charge in [-0.3, -0.25) is 0 Å². The largest absolute Gasteiger partial charge is 0.346 e. The van der Waals surface area contributed by atoms with Gasteiger partial charge in [-0.2, -0.15) is 0 Å². The third-order valence-electron chi connectivity index (χ3n) is 1.84. The normalized spacial score (nSPS) is 14.6. The Labute approximate surface area is 94.0 Å². The van der Waals surface area contributed by atoms with Gasteiger partial charge in [0.05, 0.1) is 12.7 Å². The first-order valence-corrected chi connectivity index (χ1v) is 5.81. The zero-order valence-corrected chi connectivity index (χ0v) is 11.0. The van der Waals surface area contributed by atoms with Gasteiger partial charge in [0, 0.05) is 5.41 Å². The van der Waals surface area contributed by atoms with Crippen molar-refractivity contribution in [2.75, 3.05) is 6.61 Å². The van der Waals surface area contributed by atoms with Crippen LogP contribution in [0.1, 0.15) is 54.4 Å². The zero-order chi connectivity index (χ0) is 11.9. The molecule has 0 amide bonds. The van der Waals surface area contributed by atoms with Crippen molar-refractivity contribution in [3.8, 4) is 0 Å². The zero-order valence-electron chi connectivity index (χ0n) is 11.0. The van der Waals surface area contributed by atoms with Crippen LogP contribution >= 0.6 is 0 Å². The predicted molar refractivity (Wildman–Crippen MR) is 61.4 cm³/mol. The molecule has 1 unspecified atom stereocenters.